The fourth-order valence-electron chi connectivity index (χ4n) is 2.75. The van der Waals surface area contributed by atoms with Crippen LogP contribution in [0.3, 0.4) is 0 Å². The molecule has 6 heteroatoms. The monoisotopic (exact) mass is 390 g/mol. The van der Waals surface area contributed by atoms with Gasteiger partial charge in [0, 0.05) is 37.2 Å². The van der Waals surface area contributed by atoms with Gasteiger partial charge in [-0.15, -0.1) is 0 Å². The first-order chi connectivity index (χ1) is 13.9. The average Bonchev–Trinajstić information content (AvgIpc) is 2.70. The van der Waals surface area contributed by atoms with E-state index >= 15 is 0 Å². The van der Waals surface area contributed by atoms with Crippen LogP contribution >= 0.6 is 0 Å². The van der Waals surface area contributed by atoms with Gasteiger partial charge in [0.05, 0.1) is 11.8 Å². The van der Waals surface area contributed by atoms with Gasteiger partial charge in [0.15, 0.2) is 0 Å². The Bertz CT molecular complexity index is 969. The smallest absolute Gasteiger partial charge is 0.255 e. The summed E-state index contributed by atoms with van der Waals surface area (Å²) < 4.78 is 5.83. The molecule has 0 bridgehead atoms. The van der Waals surface area contributed by atoms with Crippen molar-refractivity contribution in [2.24, 2.45) is 0 Å². The first-order valence-corrected chi connectivity index (χ1v) is 9.50. The van der Waals surface area contributed by atoms with Crippen molar-refractivity contribution in [2.75, 3.05) is 29.6 Å². The number of ether oxygens (including phenoxy) is 1. The molecule has 0 aliphatic carbocycles. The Labute approximate surface area is 171 Å². The first kappa shape index (κ1) is 20.2. The minimum atomic E-state index is -0.195. The lowest BCUT2D eigenvalue weighted by atomic mass is 10.2. The van der Waals surface area contributed by atoms with E-state index < -0.39 is 0 Å². The molecule has 0 aliphatic heterocycles. The van der Waals surface area contributed by atoms with Gasteiger partial charge in [-0.1, -0.05) is 12.1 Å². The molecule has 6 nitrogen and oxygen atoms in total. The van der Waals surface area contributed by atoms with Gasteiger partial charge in [-0.2, -0.15) is 0 Å². The fourth-order valence-corrected chi connectivity index (χ4v) is 2.75. The first-order valence-electron chi connectivity index (χ1n) is 9.50. The normalized spacial score (nSPS) is 10.5. The predicted octanol–water partition coefficient (Wildman–Crippen LogP) is 4.93. The highest BCUT2D eigenvalue weighted by atomic mass is 16.5. The number of aromatic nitrogens is 1. The van der Waals surface area contributed by atoms with E-state index in [9.17, 15) is 4.79 Å². The maximum atomic E-state index is 12.6. The minimum absolute atomic E-state index is 0.0573. The Morgan fingerprint density at radius 1 is 1.03 bits per heavy atom. The van der Waals surface area contributed by atoms with Gasteiger partial charge in [-0.05, 0) is 62.4 Å². The highest BCUT2D eigenvalue weighted by molar-refractivity contribution is 6.04. The summed E-state index contributed by atoms with van der Waals surface area (Å²) in [4.78, 5) is 19.0. The molecule has 1 heterocycles. The molecule has 2 aromatic carbocycles. The van der Waals surface area contributed by atoms with Crippen LogP contribution in [0.5, 0.6) is 5.75 Å². The summed E-state index contributed by atoms with van der Waals surface area (Å²) in [6, 6.07) is 18.7. The Morgan fingerprint density at radius 2 is 1.76 bits per heavy atom. The van der Waals surface area contributed by atoms with Gasteiger partial charge >= 0.3 is 0 Å². The summed E-state index contributed by atoms with van der Waals surface area (Å²) in [7, 11) is 3.95. The van der Waals surface area contributed by atoms with Gasteiger partial charge in [-0.3, -0.25) is 4.79 Å². The zero-order chi connectivity index (χ0) is 20.8. The zero-order valence-corrected chi connectivity index (χ0v) is 17.1. The Kier molecular flexibility index (Phi) is 6.34. The van der Waals surface area contributed by atoms with E-state index in [0.717, 1.165) is 22.8 Å². The second-order valence-electron chi connectivity index (χ2n) is 7.11. The van der Waals surface area contributed by atoms with Crippen LogP contribution in [0.15, 0.2) is 66.9 Å². The lowest BCUT2D eigenvalue weighted by Crippen LogP contribution is -2.13. The quantitative estimate of drug-likeness (QED) is 0.599. The molecule has 0 saturated carbocycles. The maximum absolute atomic E-state index is 12.6. The molecule has 0 saturated heterocycles. The molecule has 3 rings (SSSR count). The molecule has 150 valence electrons. The Morgan fingerprint density at radius 3 is 2.45 bits per heavy atom. The molecule has 0 aliphatic rings. The van der Waals surface area contributed by atoms with Gasteiger partial charge in [0.2, 0.25) is 0 Å². The fraction of sp³-hybridized carbons (Fsp3) is 0.217. The van der Waals surface area contributed by atoms with Crippen LogP contribution in [0, 0.1) is 0 Å². The number of amides is 1. The van der Waals surface area contributed by atoms with Crippen molar-refractivity contribution in [1.82, 2.24) is 4.98 Å². The Balaban J connectivity index is 1.73. The van der Waals surface area contributed by atoms with Crippen molar-refractivity contribution in [3.63, 3.8) is 0 Å². The molecule has 0 unspecified atom stereocenters. The number of rotatable bonds is 7. The summed E-state index contributed by atoms with van der Waals surface area (Å²) in [6.07, 6.45) is 1.67. The number of nitrogens with one attached hydrogen (secondary N) is 2. The second-order valence-corrected chi connectivity index (χ2v) is 7.11. The van der Waals surface area contributed by atoms with Gasteiger partial charge in [0.1, 0.15) is 11.6 Å². The van der Waals surface area contributed by atoms with Gasteiger partial charge in [-0.25, -0.2) is 4.98 Å². The highest BCUT2D eigenvalue weighted by Gasteiger charge is 2.10. The van der Waals surface area contributed by atoms with Crippen LogP contribution in [0.4, 0.5) is 22.9 Å². The second kappa shape index (κ2) is 9.10. The van der Waals surface area contributed by atoms with Crippen LogP contribution < -0.4 is 20.3 Å². The highest BCUT2D eigenvalue weighted by Crippen LogP contribution is 2.28. The molecule has 3 aromatic rings. The van der Waals surface area contributed by atoms with Gasteiger partial charge < -0.3 is 20.3 Å². The van der Waals surface area contributed by atoms with E-state index in [4.69, 9.17) is 4.74 Å². The van der Waals surface area contributed by atoms with E-state index in [1.807, 2.05) is 81.4 Å². The number of benzene rings is 2. The standard InChI is InChI=1S/C23H26N4O2/c1-16(2)29-21-8-6-5-7-20(21)26-22-15-17(13-14-24-22)23(28)25-18-9-11-19(12-10-18)27(3)4/h5-16H,1-4H3,(H,24,26)(H,25,28). The molecule has 2 N–H and O–H groups in total. The summed E-state index contributed by atoms with van der Waals surface area (Å²) in [5.41, 5.74) is 3.12. The molecule has 29 heavy (non-hydrogen) atoms. The topological polar surface area (TPSA) is 66.5 Å². The molecule has 0 spiro atoms. The molecule has 0 radical (unpaired) electrons. The van der Waals surface area contributed by atoms with Crippen molar-refractivity contribution in [3.8, 4) is 5.75 Å². The number of carbonyl (C=O) groups excluding carboxylic acids is 1. The lowest BCUT2D eigenvalue weighted by Gasteiger charge is -2.15. The van der Waals surface area contributed by atoms with Gasteiger partial charge in [0.25, 0.3) is 5.91 Å². The maximum Gasteiger partial charge on any atom is 0.255 e. The summed E-state index contributed by atoms with van der Waals surface area (Å²) in [5, 5.41) is 6.15. The minimum Gasteiger partial charge on any atom is -0.489 e. The third kappa shape index (κ3) is 5.48. The predicted molar refractivity (Wildman–Crippen MR) is 118 cm³/mol. The van der Waals surface area contributed by atoms with E-state index in [-0.39, 0.29) is 12.0 Å². The number of pyridine rings is 1. The number of anilines is 4. The largest absolute Gasteiger partial charge is 0.489 e. The van der Waals surface area contributed by atoms with Crippen LogP contribution in [0.25, 0.3) is 0 Å². The van der Waals surface area contributed by atoms with Crippen LogP contribution in [-0.2, 0) is 0 Å². The van der Waals surface area contributed by atoms with Crippen LogP contribution in [0.1, 0.15) is 24.2 Å². The van der Waals surface area contributed by atoms with E-state index in [2.05, 4.69) is 15.6 Å². The summed E-state index contributed by atoms with van der Waals surface area (Å²) in [5.74, 6) is 1.11. The molecule has 0 fully saturated rings. The van der Waals surface area contributed by atoms with Crippen molar-refractivity contribution in [2.45, 2.75) is 20.0 Å². The molecular formula is C23H26N4O2. The zero-order valence-electron chi connectivity index (χ0n) is 17.1. The van der Waals surface area contributed by atoms with E-state index in [1.165, 1.54) is 0 Å². The molecule has 0 atom stereocenters. The number of hydrogen-bond donors (Lipinski definition) is 2. The van der Waals surface area contributed by atoms with Crippen molar-refractivity contribution in [1.29, 1.82) is 0 Å². The Hall–Kier alpha value is -3.54. The number of hydrogen-bond acceptors (Lipinski definition) is 5. The van der Waals surface area contributed by atoms with Crippen molar-refractivity contribution in [3.05, 3.63) is 72.4 Å². The lowest BCUT2D eigenvalue weighted by molar-refractivity contribution is 0.102. The van der Waals surface area contributed by atoms with Crippen LogP contribution in [-0.4, -0.2) is 31.1 Å². The third-order valence-corrected chi connectivity index (χ3v) is 4.18. The number of para-hydroxylation sites is 2. The van der Waals surface area contributed by atoms with E-state index in [0.29, 0.717) is 11.4 Å². The molecule has 1 amide bonds. The summed E-state index contributed by atoms with van der Waals surface area (Å²) >= 11 is 0. The van der Waals surface area contributed by atoms with Crippen molar-refractivity contribution >= 4 is 28.8 Å². The summed E-state index contributed by atoms with van der Waals surface area (Å²) in [6.45, 7) is 3.95. The number of nitrogens with zero attached hydrogens (tertiary/aromatic N) is 2. The van der Waals surface area contributed by atoms with E-state index in [1.54, 1.807) is 18.3 Å². The number of carbonyl (C=O) groups is 1. The SMILES string of the molecule is CC(C)Oc1ccccc1Nc1cc(C(=O)Nc2ccc(N(C)C)cc2)ccn1. The average molecular weight is 390 g/mol. The molecular weight excluding hydrogens is 364 g/mol. The third-order valence-electron chi connectivity index (χ3n) is 4.18. The van der Waals surface area contributed by atoms with Crippen molar-refractivity contribution < 1.29 is 9.53 Å². The molecule has 1 aromatic heterocycles. The van der Waals surface area contributed by atoms with Crippen LogP contribution in [0.2, 0.25) is 0 Å².